The molecular formula is C24H21FN2O4S. The van der Waals surface area contributed by atoms with Crippen LogP contribution >= 0.6 is 11.8 Å². The van der Waals surface area contributed by atoms with Crippen LogP contribution in [0.1, 0.15) is 32.7 Å². The SMILES string of the molecule is COCc1ccc(C2(c3ccc(F)cc3)SCC(=O)N2OC(=O)c2cccc(C)c2)cn1. The molecule has 1 aromatic heterocycles. The number of hydroxylamine groups is 2. The summed E-state index contributed by atoms with van der Waals surface area (Å²) in [5.74, 6) is -1.35. The molecule has 8 heteroatoms. The van der Waals surface area contributed by atoms with Crippen molar-refractivity contribution in [1.82, 2.24) is 10.0 Å². The minimum absolute atomic E-state index is 0.0816. The van der Waals surface area contributed by atoms with E-state index in [4.69, 9.17) is 9.57 Å². The number of halogens is 1. The van der Waals surface area contributed by atoms with Gasteiger partial charge in [-0.25, -0.2) is 9.18 Å². The summed E-state index contributed by atoms with van der Waals surface area (Å²) in [4.78, 5) is 34.7. The van der Waals surface area contributed by atoms with Crippen LogP contribution in [0.4, 0.5) is 4.39 Å². The topological polar surface area (TPSA) is 68.7 Å². The lowest BCUT2D eigenvalue weighted by Crippen LogP contribution is -2.44. The molecule has 164 valence electrons. The maximum Gasteiger partial charge on any atom is 0.363 e. The van der Waals surface area contributed by atoms with Crippen LogP contribution < -0.4 is 0 Å². The molecule has 1 amide bonds. The zero-order valence-electron chi connectivity index (χ0n) is 17.6. The first-order valence-corrected chi connectivity index (χ1v) is 10.9. The van der Waals surface area contributed by atoms with E-state index in [0.29, 0.717) is 29.0 Å². The van der Waals surface area contributed by atoms with Crippen molar-refractivity contribution in [3.8, 4) is 0 Å². The molecular weight excluding hydrogens is 431 g/mol. The van der Waals surface area contributed by atoms with Gasteiger partial charge in [0, 0.05) is 18.9 Å². The molecule has 6 nitrogen and oxygen atoms in total. The second kappa shape index (κ2) is 9.10. The van der Waals surface area contributed by atoms with E-state index < -0.39 is 16.7 Å². The molecule has 0 radical (unpaired) electrons. The van der Waals surface area contributed by atoms with Crippen LogP contribution in [0.25, 0.3) is 0 Å². The number of ether oxygens (including phenoxy) is 1. The van der Waals surface area contributed by atoms with Crippen LogP contribution in [-0.4, -0.2) is 34.8 Å². The number of nitrogens with zero attached hydrogens (tertiary/aromatic N) is 2. The van der Waals surface area contributed by atoms with Gasteiger partial charge in [-0.1, -0.05) is 35.9 Å². The van der Waals surface area contributed by atoms with Gasteiger partial charge < -0.3 is 9.57 Å². The van der Waals surface area contributed by atoms with Gasteiger partial charge in [0.15, 0.2) is 4.87 Å². The van der Waals surface area contributed by atoms with Gasteiger partial charge in [0.2, 0.25) is 0 Å². The summed E-state index contributed by atoms with van der Waals surface area (Å²) in [5.41, 5.74) is 3.15. The van der Waals surface area contributed by atoms with Gasteiger partial charge in [0.25, 0.3) is 5.91 Å². The Bertz CT molecular complexity index is 1140. The number of rotatable bonds is 6. The van der Waals surface area contributed by atoms with E-state index in [1.165, 1.54) is 23.9 Å². The van der Waals surface area contributed by atoms with Crippen molar-refractivity contribution in [3.63, 3.8) is 0 Å². The lowest BCUT2D eigenvalue weighted by atomic mass is 9.98. The van der Waals surface area contributed by atoms with E-state index in [9.17, 15) is 14.0 Å². The fourth-order valence-corrected chi connectivity index (χ4v) is 4.88. The van der Waals surface area contributed by atoms with Gasteiger partial charge in [-0.2, -0.15) is 0 Å². The predicted molar refractivity (Wildman–Crippen MR) is 118 cm³/mol. The molecule has 0 saturated carbocycles. The normalized spacial score (nSPS) is 18.1. The third-order valence-corrected chi connectivity index (χ3v) is 6.54. The average Bonchev–Trinajstić information content (AvgIpc) is 3.12. The summed E-state index contributed by atoms with van der Waals surface area (Å²) >= 11 is 1.28. The predicted octanol–water partition coefficient (Wildman–Crippen LogP) is 4.22. The zero-order valence-corrected chi connectivity index (χ0v) is 18.4. The second-order valence-corrected chi connectivity index (χ2v) is 8.52. The molecule has 0 N–H and O–H groups in total. The minimum atomic E-state index is -1.21. The average molecular weight is 453 g/mol. The van der Waals surface area contributed by atoms with E-state index in [2.05, 4.69) is 4.98 Å². The Kier molecular flexibility index (Phi) is 6.25. The molecule has 4 rings (SSSR count). The van der Waals surface area contributed by atoms with E-state index in [1.54, 1.807) is 49.7 Å². The number of thioether (sulfide) groups is 1. The molecule has 0 aliphatic carbocycles. The van der Waals surface area contributed by atoms with Gasteiger partial charge in [-0.15, -0.1) is 16.8 Å². The molecule has 1 unspecified atom stereocenters. The Balaban J connectivity index is 1.79. The van der Waals surface area contributed by atoms with Crippen molar-refractivity contribution in [2.75, 3.05) is 12.9 Å². The summed E-state index contributed by atoms with van der Waals surface area (Å²) in [5, 5.41) is 1.09. The van der Waals surface area contributed by atoms with Gasteiger partial charge in [0.1, 0.15) is 5.82 Å². The highest BCUT2D eigenvalue weighted by Crippen LogP contribution is 2.50. The van der Waals surface area contributed by atoms with E-state index in [0.717, 1.165) is 10.6 Å². The lowest BCUT2D eigenvalue weighted by molar-refractivity contribution is -0.173. The molecule has 1 atom stereocenters. The van der Waals surface area contributed by atoms with E-state index in [1.807, 2.05) is 19.1 Å². The van der Waals surface area contributed by atoms with Crippen molar-refractivity contribution in [3.05, 3.63) is 101 Å². The molecule has 2 heterocycles. The number of amides is 1. The number of pyridine rings is 1. The third-order valence-electron chi connectivity index (χ3n) is 5.09. The maximum absolute atomic E-state index is 13.7. The highest BCUT2D eigenvalue weighted by molar-refractivity contribution is 8.01. The van der Waals surface area contributed by atoms with Crippen LogP contribution in [0.5, 0.6) is 0 Å². The Morgan fingerprint density at radius 3 is 2.56 bits per heavy atom. The molecule has 0 bridgehead atoms. The standard InChI is InChI=1S/C24H21FN2O4S/c1-16-4-3-5-17(12-16)23(29)31-27-22(28)15-32-24(27,18-6-9-20(25)10-7-18)19-8-11-21(14-30-2)26-13-19/h3-13H,14-15H2,1-2H3. The number of hydrogen-bond acceptors (Lipinski definition) is 6. The van der Waals surface area contributed by atoms with Crippen LogP contribution in [0.3, 0.4) is 0 Å². The van der Waals surface area contributed by atoms with Crippen LogP contribution in [0.15, 0.2) is 66.9 Å². The molecule has 1 aliphatic rings. The maximum atomic E-state index is 13.7. The monoisotopic (exact) mass is 452 g/mol. The third kappa shape index (κ3) is 4.11. The minimum Gasteiger partial charge on any atom is -0.378 e. The van der Waals surface area contributed by atoms with E-state index in [-0.39, 0.29) is 11.7 Å². The summed E-state index contributed by atoms with van der Waals surface area (Å²) in [6, 6.07) is 16.3. The smallest absolute Gasteiger partial charge is 0.363 e. The first kappa shape index (κ1) is 22.0. The highest BCUT2D eigenvalue weighted by Gasteiger charge is 2.52. The van der Waals surface area contributed by atoms with Crippen molar-refractivity contribution in [1.29, 1.82) is 0 Å². The van der Waals surface area contributed by atoms with Gasteiger partial charge >= 0.3 is 5.97 Å². The van der Waals surface area contributed by atoms with Crippen LogP contribution in [-0.2, 0) is 25.8 Å². The van der Waals surface area contributed by atoms with Crippen LogP contribution in [0, 0.1) is 12.7 Å². The van der Waals surface area contributed by atoms with Crippen molar-refractivity contribution >= 4 is 23.6 Å². The molecule has 2 aromatic carbocycles. The summed E-state index contributed by atoms with van der Waals surface area (Å²) in [6.45, 7) is 2.20. The number of benzene rings is 2. The van der Waals surface area contributed by atoms with Gasteiger partial charge in [-0.05, 0) is 42.8 Å². The lowest BCUT2D eigenvalue weighted by Gasteiger charge is -2.36. The fourth-order valence-electron chi connectivity index (χ4n) is 3.58. The number of aromatic nitrogens is 1. The molecule has 1 fully saturated rings. The van der Waals surface area contributed by atoms with Gasteiger partial charge in [-0.3, -0.25) is 9.78 Å². The molecule has 3 aromatic rings. The second-order valence-electron chi connectivity index (χ2n) is 7.35. The molecule has 1 aliphatic heterocycles. The van der Waals surface area contributed by atoms with Gasteiger partial charge in [0.05, 0.1) is 23.6 Å². The Morgan fingerprint density at radius 1 is 1.16 bits per heavy atom. The Labute approximate surface area is 189 Å². The number of carbonyl (C=O) groups excluding carboxylic acids is 2. The molecule has 32 heavy (non-hydrogen) atoms. The van der Waals surface area contributed by atoms with Crippen molar-refractivity contribution < 1.29 is 23.6 Å². The summed E-state index contributed by atoms with van der Waals surface area (Å²) in [7, 11) is 1.58. The van der Waals surface area contributed by atoms with E-state index >= 15 is 0 Å². The highest BCUT2D eigenvalue weighted by atomic mass is 32.2. The Morgan fingerprint density at radius 2 is 1.91 bits per heavy atom. The molecule has 1 saturated heterocycles. The zero-order chi connectivity index (χ0) is 22.7. The fraction of sp³-hybridized carbons (Fsp3) is 0.208. The summed E-state index contributed by atoms with van der Waals surface area (Å²) in [6.07, 6.45) is 1.62. The van der Waals surface area contributed by atoms with Crippen LogP contribution in [0.2, 0.25) is 0 Å². The largest absolute Gasteiger partial charge is 0.378 e. The quantitative estimate of drug-likeness (QED) is 0.558. The number of carbonyl (C=O) groups is 2. The first-order chi connectivity index (χ1) is 15.4. The first-order valence-electron chi connectivity index (χ1n) is 9.90. The Hall–Kier alpha value is -3.23. The van der Waals surface area contributed by atoms with Crippen molar-refractivity contribution in [2.45, 2.75) is 18.4 Å². The molecule has 0 spiro atoms. The number of hydrogen-bond donors (Lipinski definition) is 0. The van der Waals surface area contributed by atoms with Crippen molar-refractivity contribution in [2.24, 2.45) is 0 Å². The summed E-state index contributed by atoms with van der Waals surface area (Å²) < 4.78 is 18.8. The number of aryl methyl sites for hydroxylation is 1. The number of methoxy groups -OCH3 is 1.